The van der Waals surface area contributed by atoms with Gasteiger partial charge in [-0.3, -0.25) is 4.79 Å². The van der Waals surface area contributed by atoms with Crippen LogP contribution in [-0.4, -0.2) is 36.8 Å². The smallest absolute Gasteiger partial charge is 0.252 e. The van der Waals surface area contributed by atoms with E-state index in [0.29, 0.717) is 22.8 Å². The van der Waals surface area contributed by atoms with Gasteiger partial charge in [-0.15, -0.1) is 0 Å². The molecule has 0 saturated heterocycles. The lowest BCUT2D eigenvalue weighted by molar-refractivity contribution is 0.0936. The van der Waals surface area contributed by atoms with Crippen LogP contribution >= 0.6 is 0 Å². The van der Waals surface area contributed by atoms with Crippen LogP contribution in [0.4, 0.5) is 0 Å². The van der Waals surface area contributed by atoms with Crippen molar-refractivity contribution in [1.82, 2.24) is 14.9 Å². The third-order valence-corrected chi connectivity index (χ3v) is 6.58. The van der Waals surface area contributed by atoms with Crippen LogP contribution in [0.1, 0.15) is 87.4 Å². The molecule has 0 fully saturated rings. The van der Waals surface area contributed by atoms with Gasteiger partial charge in [-0.2, -0.15) is 0 Å². The number of imidazole rings is 1. The molecule has 0 aliphatic carbocycles. The Morgan fingerprint density at radius 2 is 1.53 bits per heavy atom. The van der Waals surface area contributed by atoms with Crippen LogP contribution in [-0.2, 0) is 6.54 Å². The minimum absolute atomic E-state index is 0.229. The van der Waals surface area contributed by atoms with E-state index < -0.39 is 0 Å². The second-order valence-corrected chi connectivity index (χ2v) is 9.19. The average Bonchev–Trinajstić information content (AvgIpc) is 3.27. The SMILES string of the molecule is CCCCCCCCCCn1c(C(C)NC(=O)c2cc(OC)c(OC)c(OC)c2)nc2ccccc21. The molecule has 0 aliphatic rings. The summed E-state index contributed by atoms with van der Waals surface area (Å²) in [7, 11) is 4.61. The van der Waals surface area contributed by atoms with Crippen molar-refractivity contribution >= 4 is 16.9 Å². The molecule has 1 aromatic heterocycles. The molecule has 1 amide bonds. The molecule has 196 valence electrons. The third kappa shape index (κ3) is 6.71. The van der Waals surface area contributed by atoms with E-state index in [4.69, 9.17) is 19.2 Å². The quantitative estimate of drug-likeness (QED) is 0.238. The molecule has 0 radical (unpaired) electrons. The van der Waals surface area contributed by atoms with E-state index in [0.717, 1.165) is 29.8 Å². The van der Waals surface area contributed by atoms with Crippen molar-refractivity contribution in [3.05, 3.63) is 47.8 Å². The number of fused-ring (bicyclic) bond motifs is 1. The first-order valence-electron chi connectivity index (χ1n) is 13.1. The fourth-order valence-electron chi connectivity index (χ4n) is 4.62. The summed E-state index contributed by atoms with van der Waals surface area (Å²) in [6, 6.07) is 11.2. The van der Waals surface area contributed by atoms with Crippen molar-refractivity contribution in [1.29, 1.82) is 0 Å². The molecule has 7 heteroatoms. The molecule has 3 rings (SSSR count). The van der Waals surface area contributed by atoms with Crippen molar-refractivity contribution < 1.29 is 19.0 Å². The Labute approximate surface area is 215 Å². The maximum atomic E-state index is 13.2. The number of carbonyl (C=O) groups is 1. The summed E-state index contributed by atoms with van der Waals surface area (Å²) in [4.78, 5) is 18.1. The highest BCUT2D eigenvalue weighted by Crippen LogP contribution is 2.38. The topological polar surface area (TPSA) is 74.6 Å². The number of aryl methyl sites for hydroxylation is 1. The summed E-state index contributed by atoms with van der Waals surface area (Å²) < 4.78 is 18.4. The van der Waals surface area contributed by atoms with Crippen LogP contribution in [0.15, 0.2) is 36.4 Å². The Balaban J connectivity index is 1.72. The van der Waals surface area contributed by atoms with E-state index in [1.165, 1.54) is 59.2 Å². The van der Waals surface area contributed by atoms with Gasteiger partial charge < -0.3 is 24.1 Å². The molecule has 2 aromatic carbocycles. The summed E-state index contributed by atoms with van der Waals surface area (Å²) >= 11 is 0. The number of ether oxygens (including phenoxy) is 3. The number of carbonyl (C=O) groups excluding carboxylic acids is 1. The molecule has 0 aliphatic heterocycles. The average molecular weight is 496 g/mol. The summed E-state index contributed by atoms with van der Waals surface area (Å²) in [6.45, 7) is 5.11. The predicted octanol–water partition coefficient (Wildman–Crippen LogP) is 6.69. The Morgan fingerprint density at radius 3 is 2.14 bits per heavy atom. The lowest BCUT2D eigenvalue weighted by atomic mass is 10.1. The highest BCUT2D eigenvalue weighted by molar-refractivity contribution is 5.96. The van der Waals surface area contributed by atoms with Crippen LogP contribution in [0.25, 0.3) is 11.0 Å². The number of aromatic nitrogens is 2. The molecule has 0 spiro atoms. The number of hydrogen-bond donors (Lipinski definition) is 1. The molecular weight excluding hydrogens is 454 g/mol. The van der Waals surface area contributed by atoms with Crippen LogP contribution in [0, 0.1) is 0 Å². The van der Waals surface area contributed by atoms with Gasteiger partial charge in [-0.05, 0) is 37.6 Å². The number of nitrogens with zero attached hydrogens (tertiary/aromatic N) is 2. The Morgan fingerprint density at radius 1 is 0.917 bits per heavy atom. The molecule has 1 atom stereocenters. The number of nitrogens with one attached hydrogen (secondary N) is 1. The van der Waals surface area contributed by atoms with Crippen LogP contribution < -0.4 is 19.5 Å². The standard InChI is InChI=1S/C29H41N3O4/c1-6-7-8-9-10-11-12-15-18-32-24-17-14-13-16-23(24)31-28(32)21(2)30-29(33)22-19-25(34-3)27(36-5)26(20-22)35-4/h13-14,16-17,19-21H,6-12,15,18H2,1-5H3,(H,30,33). The van der Waals surface area contributed by atoms with Gasteiger partial charge in [-0.1, -0.05) is 64.0 Å². The van der Waals surface area contributed by atoms with Crippen molar-refractivity contribution in [2.75, 3.05) is 21.3 Å². The number of hydrogen-bond acceptors (Lipinski definition) is 5. The van der Waals surface area contributed by atoms with Crippen molar-refractivity contribution in [2.24, 2.45) is 0 Å². The first-order chi connectivity index (χ1) is 17.5. The summed E-state index contributed by atoms with van der Waals surface area (Å²) in [6.07, 6.45) is 10.2. The van der Waals surface area contributed by atoms with E-state index in [2.05, 4.69) is 22.9 Å². The Hall–Kier alpha value is -3.22. The first-order valence-corrected chi connectivity index (χ1v) is 13.1. The van der Waals surface area contributed by atoms with Gasteiger partial charge in [0.1, 0.15) is 5.82 Å². The first kappa shape index (κ1) is 27.4. The number of benzene rings is 2. The molecule has 1 heterocycles. The second-order valence-electron chi connectivity index (χ2n) is 9.19. The lowest BCUT2D eigenvalue weighted by Crippen LogP contribution is -2.29. The van der Waals surface area contributed by atoms with Gasteiger partial charge in [0.2, 0.25) is 5.75 Å². The largest absolute Gasteiger partial charge is 0.493 e. The predicted molar refractivity (Wildman–Crippen MR) is 144 cm³/mol. The van der Waals surface area contributed by atoms with Crippen molar-refractivity contribution in [2.45, 2.75) is 77.8 Å². The van der Waals surface area contributed by atoms with E-state index in [9.17, 15) is 4.79 Å². The molecule has 7 nitrogen and oxygen atoms in total. The van der Waals surface area contributed by atoms with Gasteiger partial charge in [0.15, 0.2) is 11.5 Å². The number of amides is 1. The summed E-state index contributed by atoms with van der Waals surface area (Å²) in [5.74, 6) is 1.97. The zero-order valence-electron chi connectivity index (χ0n) is 22.4. The Kier molecular flexibility index (Phi) is 10.5. The van der Waals surface area contributed by atoms with E-state index in [1.807, 2.05) is 25.1 Å². The third-order valence-electron chi connectivity index (χ3n) is 6.58. The van der Waals surface area contributed by atoms with Crippen LogP contribution in [0.3, 0.4) is 0 Å². The fourth-order valence-corrected chi connectivity index (χ4v) is 4.62. The van der Waals surface area contributed by atoms with Gasteiger partial charge in [0.05, 0.1) is 38.4 Å². The van der Waals surface area contributed by atoms with Crippen LogP contribution in [0.5, 0.6) is 17.2 Å². The maximum absolute atomic E-state index is 13.2. The molecule has 3 aromatic rings. The van der Waals surface area contributed by atoms with E-state index >= 15 is 0 Å². The lowest BCUT2D eigenvalue weighted by Gasteiger charge is -2.18. The zero-order valence-corrected chi connectivity index (χ0v) is 22.4. The number of para-hydroxylation sites is 2. The molecule has 0 saturated carbocycles. The molecule has 1 unspecified atom stereocenters. The number of methoxy groups -OCH3 is 3. The zero-order chi connectivity index (χ0) is 25.9. The number of rotatable bonds is 15. The van der Waals surface area contributed by atoms with Gasteiger partial charge in [-0.25, -0.2) is 4.98 Å². The molecule has 36 heavy (non-hydrogen) atoms. The molecular formula is C29H41N3O4. The van der Waals surface area contributed by atoms with E-state index in [-0.39, 0.29) is 11.9 Å². The summed E-state index contributed by atoms with van der Waals surface area (Å²) in [5, 5.41) is 3.11. The second kappa shape index (κ2) is 13.8. The summed E-state index contributed by atoms with van der Waals surface area (Å²) in [5.41, 5.74) is 2.48. The van der Waals surface area contributed by atoms with Crippen molar-refractivity contribution in [3.8, 4) is 17.2 Å². The highest BCUT2D eigenvalue weighted by Gasteiger charge is 2.21. The minimum atomic E-state index is -0.280. The minimum Gasteiger partial charge on any atom is -0.493 e. The monoisotopic (exact) mass is 495 g/mol. The molecule has 1 N–H and O–H groups in total. The fraction of sp³-hybridized carbons (Fsp3) is 0.517. The van der Waals surface area contributed by atoms with Crippen molar-refractivity contribution in [3.63, 3.8) is 0 Å². The number of unbranched alkanes of at least 4 members (excludes halogenated alkanes) is 7. The Bertz CT molecular complexity index is 1100. The molecule has 0 bridgehead atoms. The highest BCUT2D eigenvalue weighted by atomic mass is 16.5. The maximum Gasteiger partial charge on any atom is 0.252 e. The van der Waals surface area contributed by atoms with Crippen LogP contribution in [0.2, 0.25) is 0 Å². The normalized spacial score (nSPS) is 11.9. The van der Waals surface area contributed by atoms with Gasteiger partial charge in [0.25, 0.3) is 5.91 Å². The van der Waals surface area contributed by atoms with E-state index in [1.54, 1.807) is 19.2 Å². The van der Waals surface area contributed by atoms with Gasteiger partial charge >= 0.3 is 0 Å². The van der Waals surface area contributed by atoms with Gasteiger partial charge in [0, 0.05) is 12.1 Å².